The van der Waals surface area contributed by atoms with E-state index >= 15 is 0 Å². The molecule has 2 aromatic carbocycles. The highest BCUT2D eigenvalue weighted by Crippen LogP contribution is 2.46. The molecule has 2 N–H and O–H groups in total. The number of fused-ring (bicyclic) bond motifs is 2. The van der Waals surface area contributed by atoms with Crippen LogP contribution in [-0.2, 0) is 10.8 Å². The summed E-state index contributed by atoms with van der Waals surface area (Å²) in [5.41, 5.74) is 14.1. The number of hydrogen-bond donors (Lipinski definition) is 1. The molecule has 1 aliphatic rings. The van der Waals surface area contributed by atoms with Gasteiger partial charge in [0.15, 0.2) is 0 Å². The Balaban J connectivity index is 1.82. The van der Waals surface area contributed by atoms with Crippen LogP contribution in [0.2, 0.25) is 0 Å². The van der Waals surface area contributed by atoms with Crippen LogP contribution in [0.25, 0.3) is 27.7 Å². The van der Waals surface area contributed by atoms with Crippen LogP contribution in [0.4, 0.5) is 0 Å². The zero-order valence-electron chi connectivity index (χ0n) is 16.8. The molecule has 3 aromatic rings. The van der Waals surface area contributed by atoms with Crippen molar-refractivity contribution < 1.29 is 0 Å². The predicted molar refractivity (Wildman–Crippen MR) is 116 cm³/mol. The number of aromatic nitrogens is 1. The lowest BCUT2D eigenvalue weighted by Gasteiger charge is -2.42. The second-order valence-corrected chi connectivity index (χ2v) is 9.18. The molecule has 0 unspecified atom stereocenters. The Hall–Kier alpha value is -2.61. The minimum Gasteiger partial charge on any atom is -0.399 e. The molecule has 0 radical (unpaired) electrons. The average molecular weight is 357 g/mol. The minimum atomic E-state index is 0.215. The summed E-state index contributed by atoms with van der Waals surface area (Å²) in [6.45, 7) is 13.3. The van der Waals surface area contributed by atoms with Crippen molar-refractivity contribution >= 4 is 16.6 Å². The third-order valence-electron chi connectivity index (χ3n) is 6.24. The van der Waals surface area contributed by atoms with Crippen molar-refractivity contribution in [3.05, 3.63) is 71.9 Å². The van der Waals surface area contributed by atoms with Gasteiger partial charge >= 0.3 is 0 Å². The average Bonchev–Trinajstić information content (AvgIpc) is 2.64. The van der Waals surface area contributed by atoms with Gasteiger partial charge < -0.3 is 5.73 Å². The number of benzene rings is 2. The Bertz CT molecular complexity index is 1060. The van der Waals surface area contributed by atoms with E-state index in [0.29, 0.717) is 5.70 Å². The van der Waals surface area contributed by atoms with Crippen LogP contribution in [0.5, 0.6) is 0 Å². The Morgan fingerprint density at radius 2 is 1.52 bits per heavy atom. The highest BCUT2D eigenvalue weighted by molar-refractivity contribution is 5.86. The van der Waals surface area contributed by atoms with Crippen molar-refractivity contribution in [3.63, 3.8) is 0 Å². The van der Waals surface area contributed by atoms with Gasteiger partial charge in [0.2, 0.25) is 0 Å². The first-order valence-electron chi connectivity index (χ1n) is 9.67. The number of hydrogen-bond acceptors (Lipinski definition) is 2. The largest absolute Gasteiger partial charge is 0.399 e. The van der Waals surface area contributed by atoms with Crippen LogP contribution in [0.3, 0.4) is 0 Å². The van der Waals surface area contributed by atoms with Crippen LogP contribution < -0.4 is 5.73 Å². The molecule has 0 spiro atoms. The lowest BCUT2D eigenvalue weighted by Crippen LogP contribution is -2.33. The van der Waals surface area contributed by atoms with Gasteiger partial charge in [-0.1, -0.05) is 64.6 Å². The second kappa shape index (κ2) is 5.95. The summed E-state index contributed by atoms with van der Waals surface area (Å²) in [6, 6.07) is 15.5. The van der Waals surface area contributed by atoms with Crippen molar-refractivity contribution in [3.8, 4) is 11.1 Å². The van der Waals surface area contributed by atoms with E-state index in [2.05, 4.69) is 75.7 Å². The highest BCUT2D eigenvalue weighted by Gasteiger charge is 2.36. The first-order chi connectivity index (χ1) is 12.7. The summed E-state index contributed by atoms with van der Waals surface area (Å²) in [5, 5.41) is 1.09. The molecule has 138 valence electrons. The molecule has 0 amide bonds. The molecule has 0 saturated heterocycles. The summed E-state index contributed by atoms with van der Waals surface area (Å²) in [5.74, 6) is 0. The maximum Gasteiger partial charge on any atom is 0.0708 e. The molecule has 27 heavy (non-hydrogen) atoms. The summed E-state index contributed by atoms with van der Waals surface area (Å²) in [4.78, 5) is 4.59. The van der Waals surface area contributed by atoms with Crippen molar-refractivity contribution in [1.29, 1.82) is 0 Å². The Labute approximate surface area is 162 Å². The van der Waals surface area contributed by atoms with Crippen LogP contribution in [0, 0.1) is 0 Å². The van der Waals surface area contributed by atoms with Crippen LogP contribution in [0.15, 0.2) is 55.2 Å². The fourth-order valence-electron chi connectivity index (χ4n) is 4.24. The number of rotatable bonds is 2. The van der Waals surface area contributed by atoms with Crippen LogP contribution >= 0.6 is 0 Å². The van der Waals surface area contributed by atoms with E-state index in [1.165, 1.54) is 35.1 Å². The zero-order valence-corrected chi connectivity index (χ0v) is 16.8. The van der Waals surface area contributed by atoms with Gasteiger partial charge in [-0.15, -0.1) is 0 Å². The number of pyridine rings is 1. The second-order valence-electron chi connectivity index (χ2n) is 9.18. The predicted octanol–water partition coefficient (Wildman–Crippen LogP) is 6.18. The molecule has 1 aliphatic carbocycles. The van der Waals surface area contributed by atoms with E-state index in [0.717, 1.165) is 16.5 Å². The summed E-state index contributed by atoms with van der Waals surface area (Å²) in [7, 11) is 0. The Kier molecular flexibility index (Phi) is 3.92. The third kappa shape index (κ3) is 3.03. The number of nitrogens with two attached hydrogens (primary N) is 1. The molecule has 0 aliphatic heterocycles. The summed E-state index contributed by atoms with van der Waals surface area (Å²) in [6.07, 6.45) is 4.26. The first-order valence-corrected chi connectivity index (χ1v) is 9.67. The van der Waals surface area contributed by atoms with E-state index in [-0.39, 0.29) is 10.8 Å². The van der Waals surface area contributed by atoms with E-state index in [1.807, 2.05) is 6.07 Å². The molecular formula is C25H28N2. The monoisotopic (exact) mass is 356 g/mol. The third-order valence-corrected chi connectivity index (χ3v) is 6.24. The fourth-order valence-corrected chi connectivity index (χ4v) is 4.24. The normalized spacial score (nSPS) is 17.5. The molecule has 2 heteroatoms. The Morgan fingerprint density at radius 1 is 0.889 bits per heavy atom. The molecule has 0 atom stereocenters. The molecular weight excluding hydrogens is 328 g/mol. The van der Waals surface area contributed by atoms with E-state index < -0.39 is 0 Å². The van der Waals surface area contributed by atoms with Crippen LogP contribution in [-0.4, -0.2) is 4.98 Å². The lowest BCUT2D eigenvalue weighted by molar-refractivity contribution is 0.332. The smallest absolute Gasteiger partial charge is 0.0708 e. The molecule has 4 rings (SSSR count). The molecule has 2 nitrogen and oxygen atoms in total. The van der Waals surface area contributed by atoms with Crippen molar-refractivity contribution in [1.82, 2.24) is 4.98 Å². The SMILES string of the molecule is C=C(N)c1cnc2cc(-c3ccc4c(c3)C(C)(C)CCC4(C)C)ccc2c1. The van der Waals surface area contributed by atoms with Gasteiger partial charge in [-0.25, -0.2) is 0 Å². The quantitative estimate of drug-likeness (QED) is 0.595. The molecule has 0 saturated carbocycles. The molecule has 0 bridgehead atoms. The molecule has 1 aromatic heterocycles. The maximum atomic E-state index is 5.80. The molecule has 1 heterocycles. The van der Waals surface area contributed by atoms with Gasteiger partial charge in [0.1, 0.15) is 0 Å². The topological polar surface area (TPSA) is 38.9 Å². The van der Waals surface area contributed by atoms with Gasteiger partial charge in [-0.3, -0.25) is 4.98 Å². The van der Waals surface area contributed by atoms with Crippen molar-refractivity contribution in [2.75, 3.05) is 0 Å². The maximum absolute atomic E-state index is 5.80. The van der Waals surface area contributed by atoms with Gasteiger partial charge in [-0.2, -0.15) is 0 Å². The standard InChI is InChI=1S/C25H28N2/c1-16(26)20-12-19-7-6-18(14-23(19)27-15-20)17-8-9-21-22(13-17)25(4,5)11-10-24(21,2)3/h6-9,12-15H,1,10-11,26H2,2-5H3. The van der Waals surface area contributed by atoms with Gasteiger partial charge in [0.25, 0.3) is 0 Å². The lowest BCUT2D eigenvalue weighted by atomic mass is 9.63. The van der Waals surface area contributed by atoms with E-state index in [1.54, 1.807) is 6.20 Å². The van der Waals surface area contributed by atoms with Crippen LogP contribution in [0.1, 0.15) is 57.2 Å². The minimum absolute atomic E-state index is 0.215. The van der Waals surface area contributed by atoms with E-state index in [9.17, 15) is 0 Å². The van der Waals surface area contributed by atoms with Gasteiger partial charge in [0, 0.05) is 22.8 Å². The van der Waals surface area contributed by atoms with Crippen molar-refractivity contribution in [2.45, 2.75) is 51.4 Å². The zero-order chi connectivity index (χ0) is 19.4. The molecule has 0 fully saturated rings. The Morgan fingerprint density at radius 3 is 2.22 bits per heavy atom. The fraction of sp³-hybridized carbons (Fsp3) is 0.320. The first kappa shape index (κ1) is 17.8. The van der Waals surface area contributed by atoms with Gasteiger partial charge in [0.05, 0.1) is 5.52 Å². The number of nitrogens with zero attached hydrogens (tertiary/aromatic N) is 1. The van der Waals surface area contributed by atoms with Crippen molar-refractivity contribution in [2.24, 2.45) is 5.73 Å². The van der Waals surface area contributed by atoms with E-state index in [4.69, 9.17) is 5.73 Å². The summed E-state index contributed by atoms with van der Waals surface area (Å²) < 4.78 is 0. The van der Waals surface area contributed by atoms with Gasteiger partial charge in [-0.05, 0) is 58.1 Å². The highest BCUT2D eigenvalue weighted by atomic mass is 14.7. The summed E-state index contributed by atoms with van der Waals surface area (Å²) >= 11 is 0.